The molecule has 0 saturated heterocycles. The first-order valence-electron chi connectivity index (χ1n) is 5.36. The van der Waals surface area contributed by atoms with Crippen LogP contribution in [0, 0.1) is 11.6 Å². The summed E-state index contributed by atoms with van der Waals surface area (Å²) in [5.41, 5.74) is 0.165. The van der Waals surface area contributed by atoms with E-state index in [1.165, 1.54) is 25.4 Å². The van der Waals surface area contributed by atoms with Gasteiger partial charge in [-0.05, 0) is 18.2 Å². The Labute approximate surface area is 108 Å². The molecule has 1 amide bonds. The number of anilines is 1. The fourth-order valence-corrected chi connectivity index (χ4v) is 1.45. The van der Waals surface area contributed by atoms with Crippen LogP contribution in [0.4, 0.5) is 14.5 Å². The molecule has 4 nitrogen and oxygen atoms in total. The molecular formula is C13H10F2N2O2. The van der Waals surface area contributed by atoms with Crippen LogP contribution in [0.3, 0.4) is 0 Å². The number of halogens is 2. The lowest BCUT2D eigenvalue weighted by molar-refractivity contribution is 0.102. The van der Waals surface area contributed by atoms with Crippen molar-refractivity contribution in [1.29, 1.82) is 0 Å². The molecule has 0 atom stereocenters. The molecule has 0 radical (unpaired) electrons. The number of benzene rings is 1. The maximum Gasteiger partial charge on any atom is 0.255 e. The average Bonchev–Trinajstić information content (AvgIpc) is 2.42. The van der Waals surface area contributed by atoms with E-state index in [1.54, 1.807) is 0 Å². The molecule has 1 N–H and O–H groups in total. The molecule has 0 fully saturated rings. The van der Waals surface area contributed by atoms with Gasteiger partial charge in [0, 0.05) is 23.9 Å². The van der Waals surface area contributed by atoms with Gasteiger partial charge in [0.05, 0.1) is 12.8 Å². The standard InChI is InChI=1S/C13H10F2N2O2/c1-19-12-6-8(4-5-16-12)13(18)17-11-3-2-9(14)7-10(11)15/h2-7H,1H3,(H,17,18). The predicted octanol–water partition coefficient (Wildman–Crippen LogP) is 2.62. The summed E-state index contributed by atoms with van der Waals surface area (Å²) in [5, 5.41) is 2.34. The normalized spacial score (nSPS) is 10.1. The molecule has 1 aromatic heterocycles. The summed E-state index contributed by atoms with van der Waals surface area (Å²) in [6, 6.07) is 5.78. The number of carbonyl (C=O) groups is 1. The smallest absolute Gasteiger partial charge is 0.255 e. The van der Waals surface area contributed by atoms with Crippen LogP contribution < -0.4 is 10.1 Å². The number of aromatic nitrogens is 1. The van der Waals surface area contributed by atoms with Gasteiger partial charge >= 0.3 is 0 Å². The van der Waals surface area contributed by atoms with E-state index in [0.717, 1.165) is 12.1 Å². The van der Waals surface area contributed by atoms with Crippen molar-refractivity contribution in [3.05, 3.63) is 53.7 Å². The zero-order valence-corrected chi connectivity index (χ0v) is 9.98. The summed E-state index contributed by atoms with van der Waals surface area (Å²) in [7, 11) is 1.42. The summed E-state index contributed by atoms with van der Waals surface area (Å²) in [4.78, 5) is 15.7. The van der Waals surface area contributed by atoms with Crippen molar-refractivity contribution in [2.75, 3.05) is 12.4 Å². The molecule has 0 bridgehead atoms. The van der Waals surface area contributed by atoms with E-state index in [4.69, 9.17) is 4.74 Å². The number of hydrogen-bond acceptors (Lipinski definition) is 3. The maximum absolute atomic E-state index is 13.4. The molecule has 2 rings (SSSR count). The number of ether oxygens (including phenoxy) is 1. The second-order valence-electron chi connectivity index (χ2n) is 3.67. The number of amides is 1. The number of rotatable bonds is 3. The van der Waals surface area contributed by atoms with E-state index in [0.29, 0.717) is 6.07 Å². The molecule has 0 unspecified atom stereocenters. The fourth-order valence-electron chi connectivity index (χ4n) is 1.45. The number of carbonyl (C=O) groups excluding carboxylic acids is 1. The molecule has 2 aromatic rings. The number of nitrogens with one attached hydrogen (secondary N) is 1. The van der Waals surface area contributed by atoms with Gasteiger partial charge in [-0.1, -0.05) is 0 Å². The Kier molecular flexibility index (Phi) is 3.70. The Bertz CT molecular complexity index is 617. The third kappa shape index (κ3) is 3.04. The number of pyridine rings is 1. The zero-order chi connectivity index (χ0) is 13.8. The molecule has 0 spiro atoms. The molecule has 0 saturated carbocycles. The highest BCUT2D eigenvalue weighted by Crippen LogP contribution is 2.17. The van der Waals surface area contributed by atoms with E-state index >= 15 is 0 Å². The number of nitrogens with zero attached hydrogens (tertiary/aromatic N) is 1. The van der Waals surface area contributed by atoms with Gasteiger partial charge < -0.3 is 10.1 Å². The minimum atomic E-state index is -0.839. The second-order valence-corrected chi connectivity index (χ2v) is 3.67. The van der Waals surface area contributed by atoms with Gasteiger partial charge in [-0.2, -0.15) is 0 Å². The number of hydrogen-bond donors (Lipinski definition) is 1. The minimum absolute atomic E-state index is 0.0952. The van der Waals surface area contributed by atoms with Gasteiger partial charge in [0.15, 0.2) is 0 Å². The van der Waals surface area contributed by atoms with Gasteiger partial charge in [0.2, 0.25) is 5.88 Å². The maximum atomic E-state index is 13.4. The SMILES string of the molecule is COc1cc(C(=O)Nc2ccc(F)cc2F)ccn1. The van der Waals surface area contributed by atoms with Gasteiger partial charge in [-0.3, -0.25) is 4.79 Å². The summed E-state index contributed by atoms with van der Waals surface area (Å²) in [5.74, 6) is -1.81. The van der Waals surface area contributed by atoms with Crippen LogP contribution >= 0.6 is 0 Å². The van der Waals surface area contributed by atoms with Crippen molar-refractivity contribution in [2.45, 2.75) is 0 Å². The lowest BCUT2D eigenvalue weighted by Gasteiger charge is -2.07. The Morgan fingerprint density at radius 2 is 2.05 bits per heavy atom. The molecule has 0 aliphatic rings. The van der Waals surface area contributed by atoms with Gasteiger partial charge in [-0.25, -0.2) is 13.8 Å². The molecule has 0 aliphatic heterocycles. The second kappa shape index (κ2) is 5.43. The number of methoxy groups -OCH3 is 1. The lowest BCUT2D eigenvalue weighted by Crippen LogP contribution is -2.13. The van der Waals surface area contributed by atoms with Crippen LogP contribution in [-0.4, -0.2) is 18.0 Å². The van der Waals surface area contributed by atoms with Crippen LogP contribution in [0.15, 0.2) is 36.5 Å². The van der Waals surface area contributed by atoms with E-state index < -0.39 is 17.5 Å². The first kappa shape index (κ1) is 12.9. The third-order valence-electron chi connectivity index (χ3n) is 2.39. The summed E-state index contributed by atoms with van der Waals surface area (Å²) in [6.07, 6.45) is 1.40. The van der Waals surface area contributed by atoms with E-state index in [9.17, 15) is 13.6 Å². The molecule has 1 heterocycles. The first-order valence-corrected chi connectivity index (χ1v) is 5.36. The predicted molar refractivity (Wildman–Crippen MR) is 65.1 cm³/mol. The van der Waals surface area contributed by atoms with Crippen molar-refractivity contribution in [3.8, 4) is 5.88 Å². The van der Waals surface area contributed by atoms with Crippen LogP contribution in [0.5, 0.6) is 5.88 Å². The Hall–Kier alpha value is -2.50. The van der Waals surface area contributed by atoms with Gasteiger partial charge in [0.25, 0.3) is 5.91 Å². The van der Waals surface area contributed by atoms with Crippen molar-refractivity contribution in [3.63, 3.8) is 0 Å². The largest absolute Gasteiger partial charge is 0.481 e. The van der Waals surface area contributed by atoms with Crippen molar-refractivity contribution in [1.82, 2.24) is 4.98 Å². The summed E-state index contributed by atoms with van der Waals surface area (Å²) >= 11 is 0. The van der Waals surface area contributed by atoms with Crippen molar-refractivity contribution in [2.24, 2.45) is 0 Å². The summed E-state index contributed by atoms with van der Waals surface area (Å²) < 4.78 is 31.0. The third-order valence-corrected chi connectivity index (χ3v) is 2.39. The van der Waals surface area contributed by atoms with E-state index in [-0.39, 0.29) is 17.1 Å². The topological polar surface area (TPSA) is 51.2 Å². The summed E-state index contributed by atoms with van der Waals surface area (Å²) in [6.45, 7) is 0. The Morgan fingerprint density at radius 1 is 1.26 bits per heavy atom. The van der Waals surface area contributed by atoms with Crippen LogP contribution in [0.2, 0.25) is 0 Å². The average molecular weight is 264 g/mol. The van der Waals surface area contributed by atoms with E-state index in [2.05, 4.69) is 10.3 Å². The fraction of sp³-hybridized carbons (Fsp3) is 0.0769. The lowest BCUT2D eigenvalue weighted by atomic mass is 10.2. The van der Waals surface area contributed by atoms with Crippen LogP contribution in [0.25, 0.3) is 0 Å². The van der Waals surface area contributed by atoms with Crippen molar-refractivity contribution >= 4 is 11.6 Å². The Balaban J connectivity index is 2.20. The highest BCUT2D eigenvalue weighted by molar-refractivity contribution is 6.04. The quantitative estimate of drug-likeness (QED) is 0.927. The minimum Gasteiger partial charge on any atom is -0.481 e. The van der Waals surface area contributed by atoms with E-state index in [1.807, 2.05) is 0 Å². The molecule has 98 valence electrons. The highest BCUT2D eigenvalue weighted by atomic mass is 19.1. The molecule has 1 aromatic carbocycles. The van der Waals surface area contributed by atoms with Crippen LogP contribution in [-0.2, 0) is 0 Å². The van der Waals surface area contributed by atoms with Crippen molar-refractivity contribution < 1.29 is 18.3 Å². The van der Waals surface area contributed by atoms with Gasteiger partial charge in [0.1, 0.15) is 11.6 Å². The van der Waals surface area contributed by atoms with Crippen LogP contribution in [0.1, 0.15) is 10.4 Å². The molecule has 6 heteroatoms. The zero-order valence-electron chi connectivity index (χ0n) is 9.98. The molecule has 19 heavy (non-hydrogen) atoms. The first-order chi connectivity index (χ1) is 9.10. The Morgan fingerprint density at radius 3 is 2.74 bits per heavy atom. The molecule has 0 aliphatic carbocycles. The van der Waals surface area contributed by atoms with Gasteiger partial charge in [-0.15, -0.1) is 0 Å². The molecular weight excluding hydrogens is 254 g/mol. The highest BCUT2D eigenvalue weighted by Gasteiger charge is 2.11. The monoisotopic (exact) mass is 264 g/mol.